The van der Waals surface area contributed by atoms with Gasteiger partial charge in [-0.25, -0.2) is 0 Å². The van der Waals surface area contributed by atoms with Crippen molar-refractivity contribution in [2.75, 3.05) is 11.5 Å². The van der Waals surface area contributed by atoms with Crippen LogP contribution in [-0.2, 0) is 0 Å². The van der Waals surface area contributed by atoms with Crippen LogP contribution in [0.25, 0.3) is 0 Å². The Morgan fingerprint density at radius 1 is 0.630 bits per heavy atom. The van der Waals surface area contributed by atoms with Crippen molar-refractivity contribution in [2.45, 2.75) is 18.2 Å². The van der Waals surface area contributed by atoms with Crippen LogP contribution in [-0.4, -0.2) is 15.8 Å². The summed E-state index contributed by atoms with van der Waals surface area (Å²) < 4.78 is 0.553. The highest BCUT2D eigenvalue weighted by Crippen LogP contribution is 2.68. The molecule has 0 radical (unpaired) electrons. The quantitative estimate of drug-likeness (QED) is 0.502. The predicted molar refractivity (Wildman–Crippen MR) is 128 cm³/mol. The first-order valence-corrected chi connectivity index (χ1v) is 13.4. The molecular weight excluding hydrogens is 383 g/mol. The Balaban J connectivity index is 1.95. The van der Waals surface area contributed by atoms with Gasteiger partial charge in [0.25, 0.3) is 0 Å². The van der Waals surface area contributed by atoms with E-state index in [9.17, 15) is 0 Å². The van der Waals surface area contributed by atoms with E-state index in [0.29, 0.717) is 9.74 Å². The summed E-state index contributed by atoms with van der Waals surface area (Å²) in [5.74, 6) is 2.44. The van der Waals surface area contributed by atoms with E-state index < -0.39 is 7.26 Å². The van der Waals surface area contributed by atoms with Crippen molar-refractivity contribution in [1.82, 2.24) is 0 Å². The molecule has 0 aliphatic carbocycles. The van der Waals surface area contributed by atoms with Gasteiger partial charge >= 0.3 is 0 Å². The lowest BCUT2D eigenvalue weighted by Gasteiger charge is -2.40. The van der Waals surface area contributed by atoms with E-state index in [0.717, 1.165) is 0 Å². The van der Waals surface area contributed by atoms with Gasteiger partial charge in [-0.3, -0.25) is 0 Å². The fourth-order valence-electron chi connectivity index (χ4n) is 3.71. The van der Waals surface area contributed by atoms with Gasteiger partial charge in [0.1, 0.15) is 23.2 Å². The first kappa shape index (κ1) is 19.1. The number of thioether (sulfide) groups is 2. The molecule has 3 heteroatoms. The Morgan fingerprint density at radius 2 is 0.963 bits per heavy atom. The maximum atomic E-state index is 2.40. The summed E-state index contributed by atoms with van der Waals surface area (Å²) in [4.78, 5) is 0. The van der Waals surface area contributed by atoms with Crippen molar-refractivity contribution < 1.29 is 0 Å². The molecule has 0 amide bonds. The van der Waals surface area contributed by atoms with Crippen molar-refractivity contribution in [3.63, 3.8) is 0 Å². The molecule has 27 heavy (non-hydrogen) atoms. The summed E-state index contributed by atoms with van der Waals surface area (Å²) in [5.41, 5.74) is 0.408. The Labute approximate surface area is 172 Å². The molecule has 3 aromatic rings. The average molecular weight is 410 g/mol. The molecule has 1 aliphatic heterocycles. The van der Waals surface area contributed by atoms with Gasteiger partial charge in [0.15, 0.2) is 4.32 Å². The van der Waals surface area contributed by atoms with Crippen LogP contribution in [0.4, 0.5) is 0 Å². The zero-order valence-corrected chi connectivity index (χ0v) is 18.4. The summed E-state index contributed by atoms with van der Waals surface area (Å²) in [6.07, 6.45) is 0. The molecular formula is C24H26PS2+. The fourth-order valence-corrected chi connectivity index (χ4v) is 14.0. The molecule has 0 atom stereocenters. The van der Waals surface area contributed by atoms with Crippen LogP contribution in [0.3, 0.4) is 0 Å². The monoisotopic (exact) mass is 409 g/mol. The highest BCUT2D eigenvalue weighted by molar-refractivity contribution is 8.30. The van der Waals surface area contributed by atoms with Crippen molar-refractivity contribution in [3.05, 3.63) is 91.0 Å². The van der Waals surface area contributed by atoms with Crippen LogP contribution in [0.2, 0.25) is 0 Å². The predicted octanol–water partition coefficient (Wildman–Crippen LogP) is 5.77. The fraction of sp³-hybridized carbons (Fsp3) is 0.250. The summed E-state index contributed by atoms with van der Waals surface area (Å²) in [7, 11) is -1.76. The molecule has 0 spiro atoms. The normalized spacial score (nSPS) is 17.6. The molecule has 138 valence electrons. The zero-order valence-electron chi connectivity index (χ0n) is 15.9. The van der Waals surface area contributed by atoms with E-state index in [2.05, 4.69) is 128 Å². The molecule has 0 aromatic heterocycles. The molecule has 0 nitrogen and oxygen atoms in total. The lowest BCUT2D eigenvalue weighted by atomic mass is 10.0. The maximum absolute atomic E-state index is 2.40. The minimum absolute atomic E-state index is 0.408. The Kier molecular flexibility index (Phi) is 5.69. The highest BCUT2D eigenvalue weighted by Gasteiger charge is 2.54. The number of hydrogen-bond donors (Lipinski definition) is 0. The van der Waals surface area contributed by atoms with Gasteiger partial charge in [-0.05, 0) is 41.8 Å². The van der Waals surface area contributed by atoms with Gasteiger partial charge < -0.3 is 0 Å². The molecule has 1 heterocycles. The molecule has 0 saturated carbocycles. The van der Waals surface area contributed by atoms with Crippen molar-refractivity contribution >= 4 is 46.7 Å². The van der Waals surface area contributed by atoms with Crippen molar-refractivity contribution in [2.24, 2.45) is 5.41 Å². The van der Waals surface area contributed by atoms with E-state index in [1.165, 1.54) is 27.4 Å². The highest BCUT2D eigenvalue weighted by atomic mass is 32.2. The first-order valence-electron chi connectivity index (χ1n) is 9.42. The third-order valence-corrected chi connectivity index (χ3v) is 15.1. The number of rotatable bonds is 4. The minimum Gasteiger partial charge on any atom is -0.106 e. The zero-order chi connectivity index (χ0) is 18.7. The van der Waals surface area contributed by atoms with Crippen molar-refractivity contribution in [1.29, 1.82) is 0 Å². The number of benzene rings is 3. The minimum atomic E-state index is -1.76. The Hall–Kier alpha value is -1.21. The summed E-state index contributed by atoms with van der Waals surface area (Å²) >= 11 is 4.35. The van der Waals surface area contributed by atoms with Gasteiger partial charge in [-0.2, -0.15) is 0 Å². The van der Waals surface area contributed by atoms with Crippen LogP contribution in [0.5, 0.6) is 0 Å². The van der Waals surface area contributed by atoms with E-state index in [4.69, 9.17) is 0 Å². The maximum Gasteiger partial charge on any atom is 0.174 e. The van der Waals surface area contributed by atoms with Gasteiger partial charge in [0.2, 0.25) is 0 Å². The standard InChI is InChI=1S/C24H26PS2/c1-24(2)18-26-23(27-19-24)25(20-12-6-3-7-13-20,21-14-8-4-9-15-21)22-16-10-5-11-17-22/h3-17,23H,18-19H2,1-2H3/q+1. The van der Waals surface area contributed by atoms with Gasteiger partial charge in [-0.15, -0.1) is 23.5 Å². The first-order chi connectivity index (χ1) is 13.1. The molecule has 3 aromatic carbocycles. The van der Waals surface area contributed by atoms with Gasteiger partial charge in [0.05, 0.1) is 0 Å². The summed E-state index contributed by atoms with van der Waals surface area (Å²) in [6.45, 7) is 4.80. The largest absolute Gasteiger partial charge is 0.174 e. The van der Waals surface area contributed by atoms with Crippen LogP contribution in [0.15, 0.2) is 91.0 Å². The second-order valence-electron chi connectivity index (χ2n) is 7.82. The lowest BCUT2D eigenvalue weighted by molar-refractivity contribution is 0.490. The van der Waals surface area contributed by atoms with E-state index >= 15 is 0 Å². The van der Waals surface area contributed by atoms with Gasteiger partial charge in [0, 0.05) is 11.5 Å². The molecule has 4 rings (SSSR count). The van der Waals surface area contributed by atoms with E-state index in [1.54, 1.807) is 0 Å². The van der Waals surface area contributed by atoms with Crippen molar-refractivity contribution in [3.8, 4) is 0 Å². The summed E-state index contributed by atoms with van der Waals surface area (Å²) in [6, 6.07) is 33.8. The van der Waals surface area contributed by atoms with Crippen LogP contribution < -0.4 is 15.9 Å². The molecule has 0 N–H and O–H groups in total. The van der Waals surface area contributed by atoms with Crippen LogP contribution >= 0.6 is 30.8 Å². The van der Waals surface area contributed by atoms with Crippen LogP contribution in [0.1, 0.15) is 13.8 Å². The molecule has 0 bridgehead atoms. The third kappa shape index (κ3) is 3.73. The topological polar surface area (TPSA) is 0 Å². The van der Waals surface area contributed by atoms with E-state index in [1.807, 2.05) is 0 Å². The lowest BCUT2D eigenvalue weighted by Crippen LogP contribution is -2.39. The molecule has 1 saturated heterocycles. The smallest absolute Gasteiger partial charge is 0.106 e. The Morgan fingerprint density at radius 3 is 1.30 bits per heavy atom. The molecule has 0 unspecified atom stereocenters. The van der Waals surface area contributed by atoms with Crippen LogP contribution in [0, 0.1) is 5.41 Å². The molecule has 1 fully saturated rings. The second-order valence-corrected chi connectivity index (χ2v) is 14.5. The van der Waals surface area contributed by atoms with E-state index in [-0.39, 0.29) is 0 Å². The van der Waals surface area contributed by atoms with Gasteiger partial charge in [-0.1, -0.05) is 68.4 Å². The molecule has 1 aliphatic rings. The third-order valence-electron chi connectivity index (χ3n) is 5.04. The SMILES string of the molecule is CC1(C)CSC([P+](c2ccccc2)(c2ccccc2)c2ccccc2)SC1. The average Bonchev–Trinajstić information content (AvgIpc) is 2.72. The Bertz CT molecular complexity index is 756. The summed E-state index contributed by atoms with van der Waals surface area (Å²) in [5, 5.41) is 4.48. The second kappa shape index (κ2) is 8.03. The number of hydrogen-bond acceptors (Lipinski definition) is 2.